The topological polar surface area (TPSA) is 18.5 Å². The average Bonchev–Trinajstić information content (AvgIpc) is 2.82. The third-order valence-electron chi connectivity index (χ3n) is 2.81. The third-order valence-corrected chi connectivity index (χ3v) is 4.09. The van der Waals surface area contributed by atoms with E-state index in [1.165, 1.54) is 5.56 Å². The summed E-state index contributed by atoms with van der Waals surface area (Å²) in [5.74, 6) is 1.50. The second-order valence-electron chi connectivity index (χ2n) is 3.80. The Bertz CT molecular complexity index is 304. The Morgan fingerprint density at radius 1 is 1.40 bits per heavy atom. The van der Waals surface area contributed by atoms with Crippen molar-refractivity contribution in [2.24, 2.45) is 5.92 Å². The molecule has 0 aromatic heterocycles. The van der Waals surface area contributed by atoms with Crippen molar-refractivity contribution in [3.05, 3.63) is 29.8 Å². The number of halogens is 1. The Morgan fingerprint density at radius 2 is 2.13 bits per heavy atom. The Kier molecular flexibility index (Phi) is 3.65. The number of hydrogen-bond acceptors (Lipinski definition) is 2. The maximum atomic E-state index is 5.39. The van der Waals surface area contributed by atoms with Gasteiger partial charge in [-0.25, -0.2) is 0 Å². The first-order valence-corrected chi connectivity index (χ1v) is 6.08. The molecule has 1 aliphatic rings. The van der Waals surface area contributed by atoms with Crippen molar-refractivity contribution in [3.8, 4) is 5.75 Å². The van der Waals surface area contributed by atoms with Crippen molar-refractivity contribution >= 4 is 15.9 Å². The Hall–Kier alpha value is -0.540. The summed E-state index contributed by atoms with van der Waals surface area (Å²) in [4.78, 5) is 0.394. The molecule has 1 aliphatic heterocycles. The lowest BCUT2D eigenvalue weighted by Crippen LogP contribution is -2.06. The predicted molar refractivity (Wildman–Crippen MR) is 63.6 cm³/mol. The molecule has 1 heterocycles. The highest BCUT2D eigenvalue weighted by Crippen LogP contribution is 2.36. The van der Waals surface area contributed by atoms with Crippen LogP contribution in [0.3, 0.4) is 0 Å². The van der Waals surface area contributed by atoms with Gasteiger partial charge in [-0.1, -0.05) is 28.1 Å². The molecule has 0 bridgehead atoms. The summed E-state index contributed by atoms with van der Waals surface area (Å²) in [7, 11) is 1.69. The molecule has 2 atom stereocenters. The molecule has 1 fully saturated rings. The fourth-order valence-electron chi connectivity index (χ4n) is 1.84. The van der Waals surface area contributed by atoms with Gasteiger partial charge >= 0.3 is 0 Å². The van der Waals surface area contributed by atoms with Crippen LogP contribution in [0, 0.1) is 5.92 Å². The van der Waals surface area contributed by atoms with Crippen molar-refractivity contribution in [1.29, 1.82) is 0 Å². The first-order valence-electron chi connectivity index (χ1n) is 5.17. The van der Waals surface area contributed by atoms with Gasteiger partial charge in [0.25, 0.3) is 0 Å². The van der Waals surface area contributed by atoms with E-state index in [1.54, 1.807) is 7.11 Å². The minimum atomic E-state index is 0.394. The Morgan fingerprint density at radius 3 is 2.67 bits per heavy atom. The molecule has 0 radical (unpaired) electrons. The van der Waals surface area contributed by atoms with E-state index in [0.29, 0.717) is 10.7 Å². The van der Waals surface area contributed by atoms with Crippen LogP contribution in [0.15, 0.2) is 24.3 Å². The molecule has 3 heteroatoms. The molecule has 2 unspecified atom stereocenters. The highest BCUT2D eigenvalue weighted by atomic mass is 79.9. The van der Waals surface area contributed by atoms with Crippen LogP contribution in [0.2, 0.25) is 0 Å². The van der Waals surface area contributed by atoms with Crippen LogP contribution in [0.1, 0.15) is 16.8 Å². The number of hydrogen-bond donors (Lipinski definition) is 0. The molecule has 2 nitrogen and oxygen atoms in total. The largest absolute Gasteiger partial charge is 0.497 e. The second-order valence-corrected chi connectivity index (χ2v) is 4.79. The molecule has 1 aromatic carbocycles. The van der Waals surface area contributed by atoms with Crippen LogP contribution in [0.4, 0.5) is 0 Å². The first kappa shape index (κ1) is 11.0. The third kappa shape index (κ3) is 2.52. The van der Waals surface area contributed by atoms with Crippen LogP contribution >= 0.6 is 15.9 Å². The zero-order valence-electron chi connectivity index (χ0n) is 8.78. The van der Waals surface area contributed by atoms with E-state index in [1.807, 2.05) is 12.1 Å². The van der Waals surface area contributed by atoms with Gasteiger partial charge in [-0.2, -0.15) is 0 Å². The molecule has 1 saturated heterocycles. The summed E-state index contributed by atoms with van der Waals surface area (Å²) in [5, 5.41) is 0. The molecule has 15 heavy (non-hydrogen) atoms. The summed E-state index contributed by atoms with van der Waals surface area (Å²) in [6, 6.07) is 8.21. The maximum absolute atomic E-state index is 5.39. The van der Waals surface area contributed by atoms with Gasteiger partial charge in [0.05, 0.1) is 13.7 Å². The Balaban J connectivity index is 2.07. The number of benzene rings is 1. The first-order chi connectivity index (χ1) is 7.31. The molecule has 0 N–H and O–H groups in total. The van der Waals surface area contributed by atoms with Crippen molar-refractivity contribution in [2.75, 3.05) is 20.3 Å². The molecular weight excluding hydrogens is 256 g/mol. The van der Waals surface area contributed by atoms with Gasteiger partial charge in [0.1, 0.15) is 5.75 Å². The minimum Gasteiger partial charge on any atom is -0.497 e. The molecule has 2 rings (SSSR count). The molecule has 0 spiro atoms. The standard InChI is InChI=1S/C12H15BrO2/c1-14-11-4-2-9(3-5-11)12(13)10-6-7-15-8-10/h2-5,10,12H,6-8H2,1H3. The van der Waals surface area contributed by atoms with Crippen LogP contribution < -0.4 is 4.74 Å². The summed E-state index contributed by atoms with van der Waals surface area (Å²) < 4.78 is 10.5. The quantitative estimate of drug-likeness (QED) is 0.786. The SMILES string of the molecule is COc1ccc(C(Br)C2CCOC2)cc1. The minimum absolute atomic E-state index is 0.394. The maximum Gasteiger partial charge on any atom is 0.118 e. The molecule has 0 aliphatic carbocycles. The highest BCUT2D eigenvalue weighted by Gasteiger charge is 2.24. The van der Waals surface area contributed by atoms with Crippen LogP contribution in [-0.2, 0) is 4.74 Å². The number of rotatable bonds is 3. The molecule has 0 amide bonds. The highest BCUT2D eigenvalue weighted by molar-refractivity contribution is 9.09. The fraction of sp³-hybridized carbons (Fsp3) is 0.500. The normalized spacial score (nSPS) is 22.7. The van der Waals surface area contributed by atoms with Crippen LogP contribution in [0.25, 0.3) is 0 Å². The van der Waals surface area contributed by atoms with Gasteiger partial charge in [0, 0.05) is 17.4 Å². The molecule has 1 aromatic rings. The van der Waals surface area contributed by atoms with Gasteiger partial charge in [-0.3, -0.25) is 0 Å². The lowest BCUT2D eigenvalue weighted by molar-refractivity contribution is 0.185. The lowest BCUT2D eigenvalue weighted by atomic mass is 9.98. The van der Waals surface area contributed by atoms with Crippen LogP contribution in [0.5, 0.6) is 5.75 Å². The lowest BCUT2D eigenvalue weighted by Gasteiger charge is -2.16. The zero-order chi connectivity index (χ0) is 10.7. The summed E-state index contributed by atoms with van der Waals surface area (Å²) in [6.07, 6.45) is 1.14. The van der Waals surface area contributed by atoms with E-state index >= 15 is 0 Å². The van der Waals surface area contributed by atoms with Crippen molar-refractivity contribution in [1.82, 2.24) is 0 Å². The molecular formula is C12H15BrO2. The summed E-state index contributed by atoms with van der Waals surface area (Å²) in [5.41, 5.74) is 1.30. The van der Waals surface area contributed by atoms with Gasteiger partial charge in [0.2, 0.25) is 0 Å². The van der Waals surface area contributed by atoms with Crippen LogP contribution in [-0.4, -0.2) is 20.3 Å². The van der Waals surface area contributed by atoms with Crippen molar-refractivity contribution in [3.63, 3.8) is 0 Å². The molecule has 82 valence electrons. The van der Waals surface area contributed by atoms with E-state index in [9.17, 15) is 0 Å². The Labute approximate surface area is 98.7 Å². The second kappa shape index (κ2) is 4.99. The fourth-order valence-corrected chi connectivity index (χ4v) is 2.57. The summed E-state index contributed by atoms with van der Waals surface area (Å²) >= 11 is 3.74. The van der Waals surface area contributed by atoms with E-state index < -0.39 is 0 Å². The van der Waals surface area contributed by atoms with Gasteiger partial charge in [-0.05, 0) is 24.1 Å². The van der Waals surface area contributed by atoms with E-state index in [0.717, 1.165) is 25.4 Å². The van der Waals surface area contributed by atoms with E-state index in [2.05, 4.69) is 28.1 Å². The number of ether oxygens (including phenoxy) is 2. The zero-order valence-corrected chi connectivity index (χ0v) is 10.4. The number of methoxy groups -OCH3 is 1. The van der Waals surface area contributed by atoms with Crippen molar-refractivity contribution in [2.45, 2.75) is 11.2 Å². The van der Waals surface area contributed by atoms with Gasteiger partial charge < -0.3 is 9.47 Å². The molecule has 0 saturated carbocycles. The smallest absolute Gasteiger partial charge is 0.118 e. The monoisotopic (exact) mass is 270 g/mol. The van der Waals surface area contributed by atoms with Crippen molar-refractivity contribution < 1.29 is 9.47 Å². The van der Waals surface area contributed by atoms with Gasteiger partial charge in [-0.15, -0.1) is 0 Å². The van der Waals surface area contributed by atoms with Gasteiger partial charge in [0.15, 0.2) is 0 Å². The predicted octanol–water partition coefficient (Wildman–Crippen LogP) is 3.17. The number of alkyl halides is 1. The average molecular weight is 271 g/mol. The van der Waals surface area contributed by atoms with E-state index in [-0.39, 0.29) is 0 Å². The summed E-state index contributed by atoms with van der Waals surface area (Å²) in [6.45, 7) is 1.75. The van der Waals surface area contributed by atoms with E-state index in [4.69, 9.17) is 9.47 Å².